The van der Waals surface area contributed by atoms with E-state index in [4.69, 9.17) is 22.1 Å². The van der Waals surface area contributed by atoms with Crippen molar-refractivity contribution in [3.8, 4) is 5.75 Å². The molecule has 0 aliphatic carbocycles. The maximum absolute atomic E-state index is 6.00. The molecule has 0 unspecified atom stereocenters. The van der Waals surface area contributed by atoms with Crippen molar-refractivity contribution < 1.29 is 4.74 Å². The minimum absolute atomic E-state index is 0.457. The molecular weight excluding hydrogens is 200 g/mol. The molecule has 2 N–H and O–H groups in total. The van der Waals surface area contributed by atoms with Crippen LogP contribution < -0.4 is 10.5 Å². The number of anilines is 1. The lowest BCUT2D eigenvalue weighted by atomic mass is 10.2. The van der Waals surface area contributed by atoms with Gasteiger partial charge in [0, 0.05) is 5.39 Å². The second-order valence-corrected chi connectivity index (χ2v) is 3.29. The topological polar surface area (TPSA) is 48.1 Å². The molecule has 0 bridgehead atoms. The van der Waals surface area contributed by atoms with E-state index in [0.717, 1.165) is 5.39 Å². The number of nitrogen functional groups attached to an aromatic ring is 1. The minimum atomic E-state index is 0.457. The van der Waals surface area contributed by atoms with Crippen LogP contribution in [0.3, 0.4) is 0 Å². The number of methoxy groups -OCH3 is 1. The quantitative estimate of drug-likeness (QED) is 0.783. The predicted molar refractivity (Wildman–Crippen MR) is 57.7 cm³/mol. The standard InChI is InChI=1S/C10H9ClN2O/c1-14-8-4-3-7(11)6-2-5-9(12)13-10(6)8/h2-5H,1H3,(H2,12,13). The lowest BCUT2D eigenvalue weighted by molar-refractivity contribution is 0.419. The van der Waals surface area contributed by atoms with Crippen LogP contribution in [0.4, 0.5) is 5.82 Å². The van der Waals surface area contributed by atoms with Crippen LogP contribution in [0, 0.1) is 0 Å². The first-order valence-electron chi connectivity index (χ1n) is 4.11. The van der Waals surface area contributed by atoms with Crippen molar-refractivity contribution in [2.75, 3.05) is 12.8 Å². The minimum Gasteiger partial charge on any atom is -0.494 e. The van der Waals surface area contributed by atoms with Gasteiger partial charge < -0.3 is 10.5 Å². The van der Waals surface area contributed by atoms with E-state index < -0.39 is 0 Å². The Morgan fingerprint density at radius 2 is 2.07 bits per heavy atom. The second kappa shape index (κ2) is 3.35. The van der Waals surface area contributed by atoms with Crippen molar-refractivity contribution in [1.29, 1.82) is 0 Å². The predicted octanol–water partition coefficient (Wildman–Crippen LogP) is 2.48. The third-order valence-electron chi connectivity index (χ3n) is 2.01. The highest BCUT2D eigenvalue weighted by atomic mass is 35.5. The van der Waals surface area contributed by atoms with E-state index in [0.29, 0.717) is 22.1 Å². The molecular formula is C10H9ClN2O. The molecule has 0 saturated carbocycles. The van der Waals surface area contributed by atoms with Gasteiger partial charge in [-0.15, -0.1) is 0 Å². The summed E-state index contributed by atoms with van der Waals surface area (Å²) in [4.78, 5) is 4.18. The summed E-state index contributed by atoms with van der Waals surface area (Å²) in [6, 6.07) is 7.11. The van der Waals surface area contributed by atoms with Crippen LogP contribution in [0.25, 0.3) is 10.9 Å². The molecule has 0 saturated heterocycles. The molecule has 1 aromatic carbocycles. The van der Waals surface area contributed by atoms with Crippen LogP contribution >= 0.6 is 11.6 Å². The average Bonchev–Trinajstić information content (AvgIpc) is 2.18. The molecule has 0 fully saturated rings. The number of ether oxygens (including phenoxy) is 1. The molecule has 0 aliphatic rings. The fourth-order valence-electron chi connectivity index (χ4n) is 1.34. The van der Waals surface area contributed by atoms with Crippen LogP contribution in [0.5, 0.6) is 5.75 Å². The first kappa shape index (κ1) is 9.09. The SMILES string of the molecule is COc1ccc(Cl)c2ccc(N)nc12. The van der Waals surface area contributed by atoms with E-state index in [9.17, 15) is 0 Å². The Hall–Kier alpha value is -1.48. The number of fused-ring (bicyclic) bond motifs is 1. The molecule has 4 heteroatoms. The van der Waals surface area contributed by atoms with Gasteiger partial charge in [0.25, 0.3) is 0 Å². The zero-order chi connectivity index (χ0) is 10.1. The third kappa shape index (κ3) is 1.36. The molecule has 0 amide bonds. The number of hydrogen-bond acceptors (Lipinski definition) is 3. The summed E-state index contributed by atoms with van der Waals surface area (Å²) in [6.07, 6.45) is 0. The van der Waals surface area contributed by atoms with E-state index in [1.165, 1.54) is 0 Å². The number of benzene rings is 1. The van der Waals surface area contributed by atoms with Gasteiger partial charge in [-0.25, -0.2) is 4.98 Å². The molecule has 2 aromatic rings. The van der Waals surface area contributed by atoms with Crippen molar-refractivity contribution >= 4 is 28.3 Å². The monoisotopic (exact) mass is 208 g/mol. The zero-order valence-electron chi connectivity index (χ0n) is 7.62. The van der Waals surface area contributed by atoms with Crippen LogP contribution in [0.2, 0.25) is 5.02 Å². The molecule has 3 nitrogen and oxygen atoms in total. The van der Waals surface area contributed by atoms with Crippen molar-refractivity contribution in [3.63, 3.8) is 0 Å². The van der Waals surface area contributed by atoms with Gasteiger partial charge in [0.05, 0.1) is 12.1 Å². The lowest BCUT2D eigenvalue weighted by Gasteiger charge is -2.06. The Labute approximate surface area is 86.5 Å². The highest BCUT2D eigenvalue weighted by molar-refractivity contribution is 6.35. The second-order valence-electron chi connectivity index (χ2n) is 2.88. The van der Waals surface area contributed by atoms with Crippen molar-refractivity contribution in [1.82, 2.24) is 4.98 Å². The Morgan fingerprint density at radius 3 is 2.79 bits per heavy atom. The highest BCUT2D eigenvalue weighted by Crippen LogP contribution is 2.30. The molecule has 0 spiro atoms. The average molecular weight is 209 g/mol. The Bertz CT molecular complexity index is 485. The first-order chi connectivity index (χ1) is 6.72. The van der Waals surface area contributed by atoms with Crippen molar-refractivity contribution in [2.24, 2.45) is 0 Å². The summed E-state index contributed by atoms with van der Waals surface area (Å²) in [6.45, 7) is 0. The summed E-state index contributed by atoms with van der Waals surface area (Å²) in [5.74, 6) is 1.13. The maximum Gasteiger partial charge on any atom is 0.145 e. The molecule has 0 aliphatic heterocycles. The van der Waals surface area contributed by atoms with Crippen LogP contribution in [0.15, 0.2) is 24.3 Å². The van der Waals surface area contributed by atoms with Gasteiger partial charge in [0.15, 0.2) is 0 Å². The molecule has 72 valence electrons. The summed E-state index contributed by atoms with van der Waals surface area (Å²) in [5, 5.41) is 1.49. The van der Waals surface area contributed by atoms with E-state index in [1.54, 1.807) is 25.3 Å². The molecule has 0 radical (unpaired) electrons. The van der Waals surface area contributed by atoms with Gasteiger partial charge in [-0.1, -0.05) is 11.6 Å². The van der Waals surface area contributed by atoms with E-state index in [1.807, 2.05) is 6.07 Å². The van der Waals surface area contributed by atoms with Crippen molar-refractivity contribution in [2.45, 2.75) is 0 Å². The van der Waals surface area contributed by atoms with Gasteiger partial charge in [-0.2, -0.15) is 0 Å². The number of aromatic nitrogens is 1. The van der Waals surface area contributed by atoms with E-state index in [-0.39, 0.29) is 0 Å². The molecule has 1 heterocycles. The highest BCUT2D eigenvalue weighted by Gasteiger charge is 2.06. The van der Waals surface area contributed by atoms with Crippen LogP contribution in [0.1, 0.15) is 0 Å². The van der Waals surface area contributed by atoms with Crippen LogP contribution in [-0.2, 0) is 0 Å². The number of halogens is 1. The molecule has 14 heavy (non-hydrogen) atoms. The van der Waals surface area contributed by atoms with Gasteiger partial charge in [0.2, 0.25) is 0 Å². The fraction of sp³-hybridized carbons (Fsp3) is 0.100. The van der Waals surface area contributed by atoms with Crippen LogP contribution in [-0.4, -0.2) is 12.1 Å². The Kier molecular flexibility index (Phi) is 2.17. The molecule has 2 rings (SSSR count). The number of nitrogens with zero attached hydrogens (tertiary/aromatic N) is 1. The normalized spacial score (nSPS) is 10.4. The van der Waals surface area contributed by atoms with E-state index in [2.05, 4.69) is 4.98 Å². The lowest BCUT2D eigenvalue weighted by Crippen LogP contribution is -1.93. The zero-order valence-corrected chi connectivity index (χ0v) is 8.38. The number of rotatable bonds is 1. The largest absolute Gasteiger partial charge is 0.494 e. The van der Waals surface area contributed by atoms with Gasteiger partial charge >= 0.3 is 0 Å². The number of hydrogen-bond donors (Lipinski definition) is 1. The van der Waals surface area contributed by atoms with Crippen molar-refractivity contribution in [3.05, 3.63) is 29.3 Å². The summed E-state index contributed by atoms with van der Waals surface area (Å²) >= 11 is 6.00. The summed E-state index contributed by atoms with van der Waals surface area (Å²) in [5.41, 5.74) is 6.28. The fourth-order valence-corrected chi connectivity index (χ4v) is 1.55. The van der Waals surface area contributed by atoms with Gasteiger partial charge in [0.1, 0.15) is 17.1 Å². The number of pyridine rings is 1. The summed E-state index contributed by atoms with van der Waals surface area (Å²) in [7, 11) is 1.59. The maximum atomic E-state index is 6.00. The van der Waals surface area contributed by atoms with E-state index >= 15 is 0 Å². The molecule has 1 aromatic heterocycles. The van der Waals surface area contributed by atoms with Gasteiger partial charge in [-0.05, 0) is 24.3 Å². The Balaban J connectivity index is 2.85. The smallest absolute Gasteiger partial charge is 0.145 e. The Morgan fingerprint density at radius 1 is 1.29 bits per heavy atom. The summed E-state index contributed by atoms with van der Waals surface area (Å²) < 4.78 is 5.16. The molecule has 0 atom stereocenters. The van der Waals surface area contributed by atoms with Gasteiger partial charge in [-0.3, -0.25) is 0 Å². The number of nitrogens with two attached hydrogens (primary N) is 1. The first-order valence-corrected chi connectivity index (χ1v) is 4.49. The third-order valence-corrected chi connectivity index (χ3v) is 2.34.